The van der Waals surface area contributed by atoms with Crippen molar-refractivity contribution in [3.05, 3.63) is 29.3 Å². The van der Waals surface area contributed by atoms with Crippen molar-refractivity contribution >= 4 is 11.7 Å². The van der Waals surface area contributed by atoms with Gasteiger partial charge in [0.05, 0.1) is 12.6 Å². The van der Waals surface area contributed by atoms with Gasteiger partial charge >= 0.3 is 6.03 Å². The molecule has 5 heteroatoms. The molecule has 2 amide bonds. The predicted molar refractivity (Wildman–Crippen MR) is 91.2 cm³/mol. The lowest BCUT2D eigenvalue weighted by molar-refractivity contribution is 0.206. The third-order valence-corrected chi connectivity index (χ3v) is 3.59. The largest absolute Gasteiger partial charge is 0.394 e. The molecule has 124 valence electrons. The minimum Gasteiger partial charge on any atom is -0.394 e. The predicted octanol–water partition coefficient (Wildman–Crippen LogP) is 2.27. The van der Waals surface area contributed by atoms with Crippen LogP contribution in [0, 0.1) is 12.8 Å². The number of amides is 2. The van der Waals surface area contributed by atoms with Gasteiger partial charge in [0.2, 0.25) is 0 Å². The Hall–Kier alpha value is -1.75. The smallest absolute Gasteiger partial charge is 0.315 e. The number of anilines is 1. The van der Waals surface area contributed by atoms with E-state index < -0.39 is 0 Å². The summed E-state index contributed by atoms with van der Waals surface area (Å²) in [4.78, 5) is 14.0. The quantitative estimate of drug-likeness (QED) is 0.724. The van der Waals surface area contributed by atoms with Crippen molar-refractivity contribution in [2.24, 2.45) is 5.92 Å². The Balaban J connectivity index is 2.53. The number of nitrogens with one attached hydrogen (secondary N) is 2. The number of carbonyl (C=O) groups excluding carboxylic acids is 1. The molecule has 0 fully saturated rings. The van der Waals surface area contributed by atoms with Crippen molar-refractivity contribution in [3.63, 3.8) is 0 Å². The van der Waals surface area contributed by atoms with Gasteiger partial charge in [-0.2, -0.15) is 0 Å². The van der Waals surface area contributed by atoms with Crippen molar-refractivity contribution in [2.45, 2.75) is 39.8 Å². The van der Waals surface area contributed by atoms with E-state index in [1.165, 1.54) is 0 Å². The standard InChI is InChI=1S/C17H29N3O2/c1-12(2)8-15(11-21)19-17(22)18-10-14-6-7-16(20(4)5)9-13(14)3/h6-7,9,12,15,21H,8,10-11H2,1-5H3,(H2,18,19,22). The Labute approximate surface area is 133 Å². The Morgan fingerprint density at radius 2 is 2.00 bits per heavy atom. The highest BCUT2D eigenvalue weighted by molar-refractivity contribution is 5.74. The van der Waals surface area contributed by atoms with Crippen molar-refractivity contribution in [1.82, 2.24) is 10.6 Å². The average Bonchev–Trinajstić information content (AvgIpc) is 2.44. The van der Waals surface area contributed by atoms with Crippen LogP contribution in [0.1, 0.15) is 31.4 Å². The average molecular weight is 307 g/mol. The number of urea groups is 1. The van der Waals surface area contributed by atoms with Crippen LogP contribution in [-0.2, 0) is 6.54 Å². The summed E-state index contributed by atoms with van der Waals surface area (Å²) in [5, 5.41) is 14.9. The minimum absolute atomic E-state index is 0.0395. The first-order valence-electron chi connectivity index (χ1n) is 7.75. The number of carbonyl (C=O) groups is 1. The number of aliphatic hydroxyl groups is 1. The molecule has 0 aliphatic heterocycles. The van der Waals surface area contributed by atoms with Gasteiger partial charge in [0.25, 0.3) is 0 Å². The van der Waals surface area contributed by atoms with Crippen molar-refractivity contribution in [1.29, 1.82) is 0 Å². The van der Waals surface area contributed by atoms with E-state index in [4.69, 9.17) is 0 Å². The third kappa shape index (κ3) is 5.93. The van der Waals surface area contributed by atoms with Crippen LogP contribution < -0.4 is 15.5 Å². The zero-order valence-corrected chi connectivity index (χ0v) is 14.3. The molecule has 0 spiro atoms. The summed E-state index contributed by atoms with van der Waals surface area (Å²) in [5.41, 5.74) is 3.38. The highest BCUT2D eigenvalue weighted by atomic mass is 16.3. The second-order valence-corrected chi connectivity index (χ2v) is 6.34. The normalized spacial score (nSPS) is 12.1. The fraction of sp³-hybridized carbons (Fsp3) is 0.588. The first kappa shape index (κ1) is 18.3. The van der Waals surface area contributed by atoms with Crippen molar-refractivity contribution in [3.8, 4) is 0 Å². The third-order valence-electron chi connectivity index (χ3n) is 3.59. The molecule has 0 aliphatic rings. The maximum absolute atomic E-state index is 11.9. The number of aliphatic hydroxyl groups excluding tert-OH is 1. The van der Waals surface area contributed by atoms with Crippen LogP contribution in [0.3, 0.4) is 0 Å². The Bertz CT molecular complexity index is 487. The van der Waals surface area contributed by atoms with Gasteiger partial charge in [0.15, 0.2) is 0 Å². The van der Waals surface area contributed by atoms with Crippen LogP contribution in [0.2, 0.25) is 0 Å². The van der Waals surface area contributed by atoms with E-state index in [0.29, 0.717) is 12.5 Å². The summed E-state index contributed by atoms with van der Waals surface area (Å²) in [6, 6.07) is 5.73. The molecule has 1 atom stereocenters. The molecule has 3 N–H and O–H groups in total. The van der Waals surface area contributed by atoms with E-state index in [1.54, 1.807) is 0 Å². The Morgan fingerprint density at radius 1 is 1.32 bits per heavy atom. The summed E-state index contributed by atoms with van der Waals surface area (Å²) in [7, 11) is 4.01. The Kier molecular flexibility index (Phi) is 7.18. The summed E-state index contributed by atoms with van der Waals surface area (Å²) in [6.07, 6.45) is 0.764. The molecule has 1 aromatic rings. The van der Waals surface area contributed by atoms with Crippen LogP contribution in [0.25, 0.3) is 0 Å². The van der Waals surface area contributed by atoms with E-state index in [1.807, 2.05) is 33.2 Å². The van der Waals surface area contributed by atoms with Crippen LogP contribution in [0.15, 0.2) is 18.2 Å². The van der Waals surface area contributed by atoms with Gasteiger partial charge in [0, 0.05) is 26.3 Å². The number of nitrogens with zero attached hydrogens (tertiary/aromatic N) is 1. The van der Waals surface area contributed by atoms with E-state index in [0.717, 1.165) is 23.2 Å². The van der Waals surface area contributed by atoms with E-state index in [2.05, 4.69) is 35.4 Å². The number of rotatable bonds is 7. The topological polar surface area (TPSA) is 64.6 Å². The van der Waals surface area contributed by atoms with Gasteiger partial charge in [-0.15, -0.1) is 0 Å². The van der Waals surface area contributed by atoms with Gasteiger partial charge in [-0.25, -0.2) is 4.79 Å². The second kappa shape index (κ2) is 8.63. The first-order chi connectivity index (χ1) is 10.3. The lowest BCUT2D eigenvalue weighted by Crippen LogP contribution is -2.44. The number of aryl methyl sites for hydroxylation is 1. The van der Waals surface area contributed by atoms with Crippen molar-refractivity contribution < 1.29 is 9.90 Å². The zero-order chi connectivity index (χ0) is 16.7. The van der Waals surface area contributed by atoms with E-state index >= 15 is 0 Å². The lowest BCUT2D eigenvalue weighted by Gasteiger charge is -2.19. The Morgan fingerprint density at radius 3 is 2.50 bits per heavy atom. The molecular weight excluding hydrogens is 278 g/mol. The molecule has 0 heterocycles. The second-order valence-electron chi connectivity index (χ2n) is 6.34. The van der Waals surface area contributed by atoms with Crippen LogP contribution >= 0.6 is 0 Å². The monoisotopic (exact) mass is 307 g/mol. The van der Waals surface area contributed by atoms with Gasteiger partial charge in [-0.3, -0.25) is 0 Å². The molecule has 0 radical (unpaired) electrons. The molecule has 0 aromatic heterocycles. The molecule has 1 aromatic carbocycles. The minimum atomic E-state index is -0.240. The molecule has 0 aliphatic carbocycles. The maximum Gasteiger partial charge on any atom is 0.315 e. The molecule has 1 rings (SSSR count). The summed E-state index contributed by atoms with van der Waals surface area (Å²) in [6.45, 7) is 6.61. The molecule has 5 nitrogen and oxygen atoms in total. The first-order valence-corrected chi connectivity index (χ1v) is 7.75. The maximum atomic E-state index is 11.9. The van der Waals surface area contributed by atoms with E-state index in [9.17, 15) is 9.90 Å². The number of hydrogen-bond acceptors (Lipinski definition) is 3. The highest BCUT2D eigenvalue weighted by Gasteiger charge is 2.13. The molecule has 22 heavy (non-hydrogen) atoms. The molecule has 0 bridgehead atoms. The summed E-state index contributed by atoms with van der Waals surface area (Å²) < 4.78 is 0. The highest BCUT2D eigenvalue weighted by Crippen LogP contribution is 2.17. The van der Waals surface area contributed by atoms with Crippen LogP contribution in [0.5, 0.6) is 0 Å². The van der Waals surface area contributed by atoms with Crippen molar-refractivity contribution in [2.75, 3.05) is 25.6 Å². The molecule has 1 unspecified atom stereocenters. The molecular formula is C17H29N3O2. The van der Waals surface area contributed by atoms with Crippen LogP contribution in [-0.4, -0.2) is 37.9 Å². The molecule has 0 saturated heterocycles. The fourth-order valence-corrected chi connectivity index (χ4v) is 2.32. The number of hydrogen-bond donors (Lipinski definition) is 3. The zero-order valence-electron chi connectivity index (χ0n) is 14.3. The number of benzene rings is 1. The summed E-state index contributed by atoms with van der Waals surface area (Å²) in [5.74, 6) is 0.429. The van der Waals surface area contributed by atoms with Gasteiger partial charge < -0.3 is 20.6 Å². The van der Waals surface area contributed by atoms with E-state index in [-0.39, 0.29) is 18.7 Å². The summed E-state index contributed by atoms with van der Waals surface area (Å²) >= 11 is 0. The van der Waals surface area contributed by atoms with Gasteiger partial charge in [-0.1, -0.05) is 19.9 Å². The fourth-order valence-electron chi connectivity index (χ4n) is 2.32. The van der Waals surface area contributed by atoms with Gasteiger partial charge in [-0.05, 0) is 42.5 Å². The molecule has 0 saturated carbocycles. The van der Waals surface area contributed by atoms with Crippen LogP contribution in [0.4, 0.5) is 10.5 Å². The lowest BCUT2D eigenvalue weighted by atomic mass is 10.0. The van der Waals surface area contributed by atoms with Gasteiger partial charge in [0.1, 0.15) is 0 Å². The SMILES string of the molecule is Cc1cc(N(C)C)ccc1CNC(=O)NC(CO)CC(C)C.